The first kappa shape index (κ1) is 25.1. The molecule has 1 heterocycles. The molecule has 35 heavy (non-hydrogen) atoms. The summed E-state index contributed by atoms with van der Waals surface area (Å²) in [6.45, 7) is 7.82. The van der Waals surface area contributed by atoms with Crippen LogP contribution in [-0.2, 0) is 0 Å². The molecule has 1 saturated carbocycles. The minimum atomic E-state index is 0.632. The van der Waals surface area contributed by atoms with Crippen molar-refractivity contribution >= 4 is 5.69 Å². The number of methoxy groups -OCH3 is 2. The Morgan fingerprint density at radius 2 is 1.51 bits per heavy atom. The average molecular weight is 473 g/mol. The van der Waals surface area contributed by atoms with E-state index in [1.54, 1.807) is 14.2 Å². The van der Waals surface area contributed by atoms with Crippen LogP contribution in [0.15, 0.2) is 66.7 Å². The van der Waals surface area contributed by atoms with Crippen molar-refractivity contribution in [3.8, 4) is 22.6 Å². The molecule has 0 aromatic heterocycles. The molecule has 1 aliphatic carbocycles. The molecule has 186 valence electrons. The van der Waals surface area contributed by atoms with Crippen molar-refractivity contribution in [2.24, 2.45) is 0 Å². The Balaban J connectivity index is 0.000000168. The Morgan fingerprint density at radius 3 is 2.09 bits per heavy atom. The first-order valence-corrected chi connectivity index (χ1v) is 13.0. The van der Waals surface area contributed by atoms with Crippen LogP contribution in [0.25, 0.3) is 11.1 Å². The van der Waals surface area contributed by atoms with Crippen LogP contribution in [-0.4, -0.2) is 39.9 Å². The van der Waals surface area contributed by atoms with Crippen molar-refractivity contribution in [1.29, 1.82) is 0 Å². The van der Waals surface area contributed by atoms with Crippen LogP contribution < -0.4 is 19.7 Å². The van der Waals surface area contributed by atoms with E-state index in [-0.39, 0.29) is 0 Å². The predicted octanol–water partition coefficient (Wildman–Crippen LogP) is 6.82. The number of nitrogens with one attached hydrogen (secondary N) is 1. The Kier molecular flexibility index (Phi) is 8.70. The minimum Gasteiger partial charge on any atom is -0.493 e. The summed E-state index contributed by atoms with van der Waals surface area (Å²) in [5.74, 6) is 2.35. The largest absolute Gasteiger partial charge is 0.493 e. The number of piperidine rings is 1. The second kappa shape index (κ2) is 12.1. The highest BCUT2D eigenvalue weighted by Gasteiger charge is 2.29. The van der Waals surface area contributed by atoms with Crippen molar-refractivity contribution < 1.29 is 9.47 Å². The highest BCUT2D eigenvalue weighted by molar-refractivity contribution is 5.70. The molecular formula is C31H40N2O2. The summed E-state index contributed by atoms with van der Waals surface area (Å²) < 4.78 is 11.0. The predicted molar refractivity (Wildman–Crippen MR) is 147 cm³/mol. The lowest BCUT2D eigenvalue weighted by molar-refractivity contribution is 0.352. The van der Waals surface area contributed by atoms with Gasteiger partial charge in [0, 0.05) is 23.8 Å². The maximum absolute atomic E-state index is 5.53. The number of hydrogen-bond acceptors (Lipinski definition) is 4. The minimum absolute atomic E-state index is 0.632. The monoisotopic (exact) mass is 472 g/mol. The molecular weight excluding hydrogens is 432 g/mol. The molecule has 0 amide bonds. The van der Waals surface area contributed by atoms with Gasteiger partial charge in [-0.2, -0.15) is 0 Å². The molecule has 0 atom stereocenters. The Hall–Kier alpha value is -2.98. The van der Waals surface area contributed by atoms with E-state index in [4.69, 9.17) is 9.47 Å². The quantitative estimate of drug-likeness (QED) is 0.409. The Labute approximate surface area is 211 Å². The van der Waals surface area contributed by atoms with Crippen LogP contribution in [0.5, 0.6) is 11.5 Å². The maximum atomic E-state index is 5.53. The number of rotatable bonds is 7. The van der Waals surface area contributed by atoms with E-state index in [2.05, 4.69) is 84.7 Å². The van der Waals surface area contributed by atoms with Crippen LogP contribution in [0.2, 0.25) is 0 Å². The fourth-order valence-corrected chi connectivity index (χ4v) is 4.99. The van der Waals surface area contributed by atoms with E-state index >= 15 is 0 Å². The molecule has 1 aliphatic heterocycles. The van der Waals surface area contributed by atoms with Gasteiger partial charge in [-0.15, -0.1) is 0 Å². The summed E-state index contributed by atoms with van der Waals surface area (Å²) in [5, 5.41) is 3.43. The number of benzene rings is 3. The van der Waals surface area contributed by atoms with Gasteiger partial charge in [-0.25, -0.2) is 0 Å². The molecule has 2 aliphatic rings. The van der Waals surface area contributed by atoms with Crippen LogP contribution >= 0.6 is 0 Å². The van der Waals surface area contributed by atoms with E-state index in [0.717, 1.165) is 31.1 Å². The van der Waals surface area contributed by atoms with Crippen molar-refractivity contribution in [2.75, 3.05) is 38.8 Å². The van der Waals surface area contributed by atoms with Crippen molar-refractivity contribution in [3.05, 3.63) is 77.9 Å². The molecule has 5 rings (SSSR count). The van der Waals surface area contributed by atoms with Gasteiger partial charge in [-0.1, -0.05) is 48.0 Å². The summed E-state index contributed by atoms with van der Waals surface area (Å²) >= 11 is 0. The third-order valence-corrected chi connectivity index (χ3v) is 7.09. The van der Waals surface area contributed by atoms with Crippen LogP contribution in [0.1, 0.15) is 49.7 Å². The van der Waals surface area contributed by atoms with Gasteiger partial charge in [-0.3, -0.25) is 0 Å². The lowest BCUT2D eigenvalue weighted by Gasteiger charge is -2.35. The van der Waals surface area contributed by atoms with E-state index < -0.39 is 0 Å². The van der Waals surface area contributed by atoms with Crippen molar-refractivity contribution in [3.63, 3.8) is 0 Å². The van der Waals surface area contributed by atoms with Gasteiger partial charge in [0.05, 0.1) is 14.2 Å². The molecule has 1 saturated heterocycles. The van der Waals surface area contributed by atoms with Gasteiger partial charge < -0.3 is 19.7 Å². The Bertz CT molecular complexity index is 1060. The topological polar surface area (TPSA) is 33.7 Å². The van der Waals surface area contributed by atoms with Gasteiger partial charge in [0.2, 0.25) is 0 Å². The lowest BCUT2D eigenvalue weighted by atomic mass is 9.99. The second-order valence-corrected chi connectivity index (χ2v) is 9.54. The van der Waals surface area contributed by atoms with Crippen molar-refractivity contribution in [2.45, 2.75) is 51.5 Å². The summed E-state index contributed by atoms with van der Waals surface area (Å²) in [6.07, 6.45) is 5.03. The summed E-state index contributed by atoms with van der Waals surface area (Å²) in [7, 11) is 3.41. The zero-order valence-electron chi connectivity index (χ0n) is 21.7. The van der Waals surface area contributed by atoms with E-state index in [1.165, 1.54) is 53.6 Å². The molecule has 3 aromatic carbocycles. The zero-order chi connectivity index (χ0) is 24.6. The second-order valence-electron chi connectivity index (χ2n) is 9.54. The first-order valence-electron chi connectivity index (χ1n) is 13.0. The molecule has 3 aromatic rings. The molecule has 0 bridgehead atoms. The highest BCUT2D eigenvalue weighted by atomic mass is 16.5. The van der Waals surface area contributed by atoms with E-state index in [0.29, 0.717) is 12.0 Å². The molecule has 4 nitrogen and oxygen atoms in total. The summed E-state index contributed by atoms with van der Waals surface area (Å²) in [6, 6.07) is 24.3. The van der Waals surface area contributed by atoms with Gasteiger partial charge in [0.25, 0.3) is 0 Å². The molecule has 0 radical (unpaired) electrons. The average Bonchev–Trinajstić information content (AvgIpc) is 3.76. The van der Waals surface area contributed by atoms with Crippen LogP contribution in [0.3, 0.4) is 0 Å². The first-order chi connectivity index (χ1) is 17.1. The van der Waals surface area contributed by atoms with Gasteiger partial charge in [0.15, 0.2) is 11.5 Å². The molecule has 0 spiro atoms. The summed E-state index contributed by atoms with van der Waals surface area (Å²) in [4.78, 5) is 2.54. The van der Waals surface area contributed by atoms with Crippen molar-refractivity contribution in [1.82, 2.24) is 5.32 Å². The van der Waals surface area contributed by atoms with E-state index in [9.17, 15) is 0 Å². The molecule has 2 fully saturated rings. The number of nitrogens with zero attached hydrogens (tertiary/aromatic N) is 1. The lowest BCUT2D eigenvalue weighted by Crippen LogP contribution is -2.43. The third kappa shape index (κ3) is 6.37. The smallest absolute Gasteiger partial charge is 0.164 e. The Morgan fingerprint density at radius 1 is 0.829 bits per heavy atom. The summed E-state index contributed by atoms with van der Waals surface area (Å²) in [5.41, 5.74) is 6.40. The van der Waals surface area contributed by atoms with Gasteiger partial charge in [0.1, 0.15) is 0 Å². The number of aryl methyl sites for hydroxylation is 1. The standard InChI is InChI=1S/C17H18O2.C14H22N2/c1-18-16-11-14(12-6-4-3-5-7-12)10-15(13-8-9-13)17(16)19-2;1-3-16(14-8-10-15-11-9-14)13-6-4-12(2)5-7-13/h3-7,10-11,13H,8-9H2,1-2H3;4-7,14-15H,3,8-11H2,1-2H3. The van der Waals surface area contributed by atoms with Crippen LogP contribution in [0.4, 0.5) is 5.69 Å². The van der Waals surface area contributed by atoms with E-state index in [1.807, 2.05) is 6.07 Å². The van der Waals surface area contributed by atoms with Crippen LogP contribution in [0, 0.1) is 6.92 Å². The fraction of sp³-hybridized carbons (Fsp3) is 0.419. The number of hydrogen-bond donors (Lipinski definition) is 1. The molecule has 0 unspecified atom stereocenters. The highest BCUT2D eigenvalue weighted by Crippen LogP contribution is 2.49. The fourth-order valence-electron chi connectivity index (χ4n) is 4.99. The van der Waals surface area contributed by atoms with Gasteiger partial charge in [-0.05, 0) is 93.9 Å². The molecule has 1 N–H and O–H groups in total. The zero-order valence-corrected chi connectivity index (χ0v) is 21.7. The third-order valence-electron chi connectivity index (χ3n) is 7.09. The SMILES string of the molecule is CCN(c1ccc(C)cc1)C1CCNCC1.COc1cc(-c2ccccc2)cc(C2CC2)c1OC. The van der Waals surface area contributed by atoms with Gasteiger partial charge >= 0.3 is 0 Å². The number of anilines is 1. The normalized spacial score (nSPS) is 15.7. The maximum Gasteiger partial charge on any atom is 0.164 e. The number of ether oxygens (including phenoxy) is 2. The molecule has 4 heteroatoms.